The van der Waals surface area contributed by atoms with Crippen LogP contribution in [0.4, 0.5) is 0 Å². The molecule has 1 unspecified atom stereocenters. The number of nitrogens with zero attached hydrogens (tertiary/aromatic N) is 2. The molecular formula is C23H28ClN3O. The van der Waals surface area contributed by atoms with Crippen molar-refractivity contribution in [3.05, 3.63) is 65.3 Å². The van der Waals surface area contributed by atoms with Crippen LogP contribution in [0.1, 0.15) is 12.5 Å². The Kier molecular flexibility index (Phi) is 6.20. The molecule has 1 aromatic heterocycles. The Balaban J connectivity index is 1.45. The van der Waals surface area contributed by atoms with Crippen LogP contribution in [0, 0.1) is 0 Å². The molecule has 1 atom stereocenters. The van der Waals surface area contributed by atoms with E-state index in [1.807, 2.05) is 24.3 Å². The molecule has 28 heavy (non-hydrogen) atoms. The number of piperazine rings is 1. The fraction of sp³-hybridized carbons (Fsp3) is 0.391. The first-order chi connectivity index (χ1) is 13.7. The van der Waals surface area contributed by atoms with Crippen LogP contribution in [-0.2, 0) is 13.0 Å². The number of rotatable bonds is 7. The van der Waals surface area contributed by atoms with Crippen LogP contribution in [0.5, 0.6) is 5.75 Å². The van der Waals surface area contributed by atoms with Crippen molar-refractivity contribution in [2.24, 2.45) is 0 Å². The van der Waals surface area contributed by atoms with Gasteiger partial charge in [-0.25, -0.2) is 0 Å². The zero-order valence-electron chi connectivity index (χ0n) is 16.4. The average molecular weight is 398 g/mol. The van der Waals surface area contributed by atoms with Crippen molar-refractivity contribution in [1.29, 1.82) is 0 Å². The van der Waals surface area contributed by atoms with Crippen molar-refractivity contribution in [2.45, 2.75) is 25.9 Å². The fourth-order valence-electron chi connectivity index (χ4n) is 4.03. The molecule has 0 bridgehead atoms. The Labute approximate surface area is 172 Å². The largest absolute Gasteiger partial charge is 0.492 e. The minimum absolute atomic E-state index is 0.548. The van der Waals surface area contributed by atoms with E-state index in [0.717, 1.165) is 49.9 Å². The molecule has 0 amide bonds. The second-order valence-corrected chi connectivity index (χ2v) is 7.94. The third-order valence-electron chi connectivity index (χ3n) is 5.58. The van der Waals surface area contributed by atoms with E-state index in [0.29, 0.717) is 12.6 Å². The van der Waals surface area contributed by atoms with Gasteiger partial charge in [-0.3, -0.25) is 4.90 Å². The third kappa shape index (κ3) is 4.52. The molecule has 1 fully saturated rings. The Morgan fingerprint density at radius 2 is 1.82 bits per heavy atom. The molecule has 3 aromatic rings. The van der Waals surface area contributed by atoms with Crippen LogP contribution >= 0.6 is 11.6 Å². The monoisotopic (exact) mass is 397 g/mol. The van der Waals surface area contributed by atoms with Gasteiger partial charge < -0.3 is 14.6 Å². The highest BCUT2D eigenvalue weighted by atomic mass is 35.5. The van der Waals surface area contributed by atoms with Crippen LogP contribution < -0.4 is 10.1 Å². The molecule has 1 N–H and O–H groups in total. The second-order valence-electron chi connectivity index (χ2n) is 7.51. The minimum atomic E-state index is 0.548. The van der Waals surface area contributed by atoms with E-state index in [9.17, 15) is 0 Å². The molecule has 4 nitrogen and oxygen atoms in total. The summed E-state index contributed by atoms with van der Waals surface area (Å²) in [7, 11) is 0. The summed E-state index contributed by atoms with van der Waals surface area (Å²) in [5.41, 5.74) is 2.71. The highest BCUT2D eigenvalue weighted by Gasteiger charge is 2.18. The fourth-order valence-corrected chi connectivity index (χ4v) is 4.16. The highest BCUT2D eigenvalue weighted by Crippen LogP contribution is 2.24. The number of fused-ring (bicyclic) bond motifs is 1. The molecule has 0 aliphatic carbocycles. The van der Waals surface area contributed by atoms with E-state index in [1.54, 1.807) is 0 Å². The van der Waals surface area contributed by atoms with Gasteiger partial charge in [-0.1, -0.05) is 29.8 Å². The van der Waals surface area contributed by atoms with Crippen LogP contribution in [0.3, 0.4) is 0 Å². The minimum Gasteiger partial charge on any atom is -0.492 e. The smallest absolute Gasteiger partial charge is 0.119 e. The summed E-state index contributed by atoms with van der Waals surface area (Å²) in [5, 5.41) is 5.53. The summed E-state index contributed by atoms with van der Waals surface area (Å²) in [6.45, 7) is 8.26. The van der Waals surface area contributed by atoms with Gasteiger partial charge in [0.05, 0.1) is 6.54 Å². The molecule has 1 aliphatic heterocycles. The lowest BCUT2D eigenvalue weighted by molar-refractivity contribution is 0.183. The first kappa shape index (κ1) is 19.3. The van der Waals surface area contributed by atoms with Crippen molar-refractivity contribution >= 4 is 22.5 Å². The van der Waals surface area contributed by atoms with Crippen molar-refractivity contribution in [2.75, 3.05) is 32.8 Å². The van der Waals surface area contributed by atoms with Crippen molar-refractivity contribution in [3.8, 4) is 5.75 Å². The number of hydrogen-bond acceptors (Lipinski definition) is 3. The molecule has 2 aromatic carbocycles. The van der Waals surface area contributed by atoms with E-state index in [2.05, 4.69) is 52.2 Å². The lowest BCUT2D eigenvalue weighted by atomic mass is 10.0. The van der Waals surface area contributed by atoms with Gasteiger partial charge in [-0.05, 0) is 49.2 Å². The number of benzene rings is 2. The normalized spacial score (nSPS) is 16.4. The van der Waals surface area contributed by atoms with Gasteiger partial charge in [0.1, 0.15) is 12.4 Å². The zero-order chi connectivity index (χ0) is 19.3. The van der Waals surface area contributed by atoms with E-state index >= 15 is 0 Å². The Hall–Kier alpha value is -2.01. The number of hydrogen-bond donors (Lipinski definition) is 1. The van der Waals surface area contributed by atoms with Crippen LogP contribution in [0.25, 0.3) is 10.9 Å². The van der Waals surface area contributed by atoms with Crippen molar-refractivity contribution < 1.29 is 4.74 Å². The standard InChI is InChI=1S/C23H28ClN3O/c1-18(26-12-10-25-11-13-26)16-19-17-27(23-5-3-2-4-22(19)23)14-15-28-21-8-6-20(24)7-9-21/h2-9,17-18,25H,10-16H2,1H3. The molecule has 4 rings (SSSR count). The first-order valence-electron chi connectivity index (χ1n) is 10.1. The second kappa shape index (κ2) is 8.99. The molecule has 2 heterocycles. The van der Waals surface area contributed by atoms with E-state index in [1.165, 1.54) is 16.5 Å². The van der Waals surface area contributed by atoms with Gasteiger partial charge in [-0.15, -0.1) is 0 Å². The average Bonchev–Trinajstić information content (AvgIpc) is 3.08. The van der Waals surface area contributed by atoms with Crippen molar-refractivity contribution in [3.63, 3.8) is 0 Å². The molecule has 0 radical (unpaired) electrons. The lowest BCUT2D eigenvalue weighted by Gasteiger charge is -2.32. The number of para-hydroxylation sites is 1. The van der Waals surface area contributed by atoms with E-state index < -0.39 is 0 Å². The molecule has 0 spiro atoms. The summed E-state index contributed by atoms with van der Waals surface area (Å²) in [6, 6.07) is 16.8. The molecule has 1 aliphatic rings. The Bertz CT molecular complexity index is 900. The molecule has 1 saturated heterocycles. The number of ether oxygens (including phenoxy) is 1. The molecule has 5 heteroatoms. The van der Waals surface area contributed by atoms with Crippen LogP contribution in [-0.4, -0.2) is 48.3 Å². The van der Waals surface area contributed by atoms with Gasteiger partial charge in [0.2, 0.25) is 0 Å². The summed E-state index contributed by atoms with van der Waals surface area (Å²) in [6.07, 6.45) is 3.39. The summed E-state index contributed by atoms with van der Waals surface area (Å²) >= 11 is 5.94. The lowest BCUT2D eigenvalue weighted by Crippen LogP contribution is -2.48. The van der Waals surface area contributed by atoms with E-state index in [-0.39, 0.29) is 0 Å². The van der Waals surface area contributed by atoms with Gasteiger partial charge >= 0.3 is 0 Å². The van der Waals surface area contributed by atoms with Crippen LogP contribution in [0.2, 0.25) is 5.02 Å². The number of aromatic nitrogens is 1. The summed E-state index contributed by atoms with van der Waals surface area (Å²) < 4.78 is 8.23. The van der Waals surface area contributed by atoms with Gasteiger partial charge in [0, 0.05) is 54.3 Å². The van der Waals surface area contributed by atoms with Gasteiger partial charge in [-0.2, -0.15) is 0 Å². The van der Waals surface area contributed by atoms with Gasteiger partial charge in [0.15, 0.2) is 0 Å². The summed E-state index contributed by atoms with van der Waals surface area (Å²) in [4.78, 5) is 2.59. The molecular weight excluding hydrogens is 370 g/mol. The quantitative estimate of drug-likeness (QED) is 0.647. The maximum Gasteiger partial charge on any atom is 0.119 e. The third-order valence-corrected chi connectivity index (χ3v) is 5.83. The maximum atomic E-state index is 5.94. The predicted octanol–water partition coefficient (Wildman–Crippen LogP) is 4.21. The highest BCUT2D eigenvalue weighted by molar-refractivity contribution is 6.30. The number of nitrogens with one attached hydrogen (secondary N) is 1. The van der Waals surface area contributed by atoms with E-state index in [4.69, 9.17) is 16.3 Å². The Morgan fingerprint density at radius 1 is 1.07 bits per heavy atom. The van der Waals surface area contributed by atoms with Crippen molar-refractivity contribution in [1.82, 2.24) is 14.8 Å². The van der Waals surface area contributed by atoms with Gasteiger partial charge in [0.25, 0.3) is 0 Å². The first-order valence-corrected chi connectivity index (χ1v) is 10.5. The molecule has 0 saturated carbocycles. The predicted molar refractivity (Wildman–Crippen MR) is 116 cm³/mol. The zero-order valence-corrected chi connectivity index (χ0v) is 17.2. The SMILES string of the molecule is CC(Cc1cn(CCOc2ccc(Cl)cc2)c2ccccc12)N1CCNCC1. The van der Waals surface area contributed by atoms with Crippen LogP contribution in [0.15, 0.2) is 54.7 Å². The maximum absolute atomic E-state index is 5.94. The molecule has 148 valence electrons. The Morgan fingerprint density at radius 3 is 2.61 bits per heavy atom. The number of halogens is 1. The summed E-state index contributed by atoms with van der Waals surface area (Å²) in [5.74, 6) is 0.855. The topological polar surface area (TPSA) is 29.4 Å².